The quantitative estimate of drug-likeness (QED) is 0.276. The molecule has 2 saturated heterocycles. The van der Waals surface area contributed by atoms with Gasteiger partial charge in [-0.3, -0.25) is 4.79 Å². The largest absolute Gasteiger partial charge is 0.462 e. The van der Waals surface area contributed by atoms with Crippen LogP contribution in [-0.4, -0.2) is 30.6 Å². The van der Waals surface area contributed by atoms with Crippen molar-refractivity contribution in [1.82, 2.24) is 0 Å². The summed E-state index contributed by atoms with van der Waals surface area (Å²) in [7, 11) is 0. The molecule has 4 nitrogen and oxygen atoms in total. The molecule has 210 valence electrons. The molecule has 4 heteroatoms. The van der Waals surface area contributed by atoms with Crippen molar-refractivity contribution in [3.63, 3.8) is 0 Å². The first-order valence-electron chi connectivity index (χ1n) is 16.2. The number of carbonyl (C=O) groups excluding carboxylic acids is 1. The van der Waals surface area contributed by atoms with Gasteiger partial charge in [-0.1, -0.05) is 47.5 Å². The van der Waals surface area contributed by atoms with Crippen molar-refractivity contribution in [1.29, 1.82) is 0 Å². The Hall–Kier alpha value is -0.610. The SMILES string of the molecule is CCCCCC(=O)O[C@@H]1CC[C@@]2(C)[C@@H](CC[C@H]3[C@H]2CC[C@]2(C)[C@@H]4[C@H](C[C@H]32)O[C@]2(CC[C@H](C)CO2)[C@@H]4C)C1. The third kappa shape index (κ3) is 4.25. The zero-order valence-corrected chi connectivity index (χ0v) is 24.4. The van der Waals surface area contributed by atoms with Crippen molar-refractivity contribution in [2.45, 2.75) is 143 Å². The number of hydrogen-bond donors (Lipinski definition) is 0. The van der Waals surface area contributed by atoms with Crippen molar-refractivity contribution < 1.29 is 19.0 Å². The van der Waals surface area contributed by atoms with Gasteiger partial charge in [0, 0.05) is 18.8 Å². The fourth-order valence-electron chi connectivity index (χ4n) is 11.1. The summed E-state index contributed by atoms with van der Waals surface area (Å²) in [6.45, 7) is 13.1. The number of esters is 1. The number of carbonyl (C=O) groups is 1. The Morgan fingerprint density at radius 1 is 0.919 bits per heavy atom. The highest BCUT2D eigenvalue weighted by Crippen LogP contribution is 2.71. The molecular weight excluding hydrogens is 460 g/mol. The van der Waals surface area contributed by atoms with E-state index >= 15 is 0 Å². The van der Waals surface area contributed by atoms with Crippen LogP contribution in [0.4, 0.5) is 0 Å². The van der Waals surface area contributed by atoms with Gasteiger partial charge in [-0.05, 0) is 111 Å². The maximum atomic E-state index is 12.4. The first-order valence-corrected chi connectivity index (χ1v) is 16.2. The summed E-state index contributed by atoms with van der Waals surface area (Å²) >= 11 is 0. The summed E-state index contributed by atoms with van der Waals surface area (Å²) in [6.07, 6.45) is 16.8. The molecule has 6 fully saturated rings. The molecule has 0 N–H and O–H groups in total. The van der Waals surface area contributed by atoms with Crippen LogP contribution in [0.2, 0.25) is 0 Å². The number of ether oxygens (including phenoxy) is 3. The van der Waals surface area contributed by atoms with Crippen molar-refractivity contribution in [2.24, 2.45) is 52.3 Å². The van der Waals surface area contributed by atoms with Gasteiger partial charge in [0.15, 0.2) is 5.79 Å². The lowest BCUT2D eigenvalue weighted by Crippen LogP contribution is -2.55. The monoisotopic (exact) mass is 514 g/mol. The summed E-state index contributed by atoms with van der Waals surface area (Å²) in [5.74, 6) is 4.76. The second-order valence-electron chi connectivity index (χ2n) is 15.0. The van der Waals surface area contributed by atoms with E-state index in [1.165, 1.54) is 44.9 Å². The molecule has 1 spiro atoms. The molecule has 4 aliphatic carbocycles. The highest BCUT2D eigenvalue weighted by Gasteiger charge is 2.69. The predicted octanol–water partition coefficient (Wildman–Crippen LogP) is 7.93. The normalized spacial score (nSPS) is 52.7. The molecule has 6 aliphatic rings. The van der Waals surface area contributed by atoms with Gasteiger partial charge in [0.05, 0.1) is 12.7 Å². The number of rotatable bonds is 5. The van der Waals surface area contributed by atoms with E-state index in [1.54, 1.807) is 0 Å². The molecule has 0 bridgehead atoms. The molecular formula is C33H54O4. The van der Waals surface area contributed by atoms with Crippen LogP contribution in [0.5, 0.6) is 0 Å². The number of unbranched alkanes of at least 4 members (excludes halogenated alkanes) is 2. The standard InChI is InChI=1S/C33H54O4/c1-6-7-8-9-29(34)36-24-13-15-31(4)23(18-24)10-11-25-26(31)14-16-32(5)27(25)19-28-30(32)22(3)33(37-28)17-12-21(2)20-35-33/h21-28,30H,6-20H2,1-5H3/t21-,22+,23-,24+,25-,26+,27+,28-,30-,31-,32-,33+/m0/s1. The fourth-order valence-corrected chi connectivity index (χ4v) is 11.1. The van der Waals surface area contributed by atoms with Crippen LogP contribution in [0.15, 0.2) is 0 Å². The average molecular weight is 515 g/mol. The first kappa shape index (κ1) is 26.6. The van der Waals surface area contributed by atoms with Crippen LogP contribution in [0, 0.1) is 52.3 Å². The lowest BCUT2D eigenvalue weighted by molar-refractivity contribution is -0.273. The topological polar surface area (TPSA) is 44.8 Å². The average Bonchev–Trinajstić information content (AvgIpc) is 3.31. The first-order chi connectivity index (χ1) is 17.7. The van der Waals surface area contributed by atoms with E-state index in [0.29, 0.717) is 41.1 Å². The zero-order chi connectivity index (χ0) is 26.0. The third-order valence-corrected chi connectivity index (χ3v) is 13.2. The van der Waals surface area contributed by atoms with Crippen LogP contribution < -0.4 is 0 Å². The molecule has 0 radical (unpaired) electrons. The summed E-state index contributed by atoms with van der Waals surface area (Å²) in [5, 5.41) is 0. The molecule has 6 rings (SSSR count). The van der Waals surface area contributed by atoms with Crippen LogP contribution in [0.25, 0.3) is 0 Å². The summed E-state index contributed by atoms with van der Waals surface area (Å²) in [5.41, 5.74) is 0.818. The number of fused-ring (bicyclic) bond motifs is 7. The van der Waals surface area contributed by atoms with E-state index in [0.717, 1.165) is 68.8 Å². The Morgan fingerprint density at radius 3 is 2.49 bits per heavy atom. The zero-order valence-electron chi connectivity index (χ0n) is 24.4. The van der Waals surface area contributed by atoms with Crippen LogP contribution in [0.3, 0.4) is 0 Å². The van der Waals surface area contributed by atoms with Crippen molar-refractivity contribution >= 4 is 5.97 Å². The molecule has 0 amide bonds. The van der Waals surface area contributed by atoms with E-state index in [2.05, 4.69) is 34.6 Å². The van der Waals surface area contributed by atoms with Crippen LogP contribution in [-0.2, 0) is 19.0 Å². The van der Waals surface area contributed by atoms with E-state index in [4.69, 9.17) is 14.2 Å². The minimum atomic E-state index is -0.303. The van der Waals surface area contributed by atoms with Crippen LogP contribution >= 0.6 is 0 Å². The van der Waals surface area contributed by atoms with Gasteiger partial charge in [-0.2, -0.15) is 0 Å². The van der Waals surface area contributed by atoms with Gasteiger partial charge in [-0.15, -0.1) is 0 Å². The molecule has 2 aliphatic heterocycles. The van der Waals surface area contributed by atoms with Gasteiger partial charge >= 0.3 is 5.97 Å². The smallest absolute Gasteiger partial charge is 0.306 e. The van der Waals surface area contributed by atoms with Gasteiger partial charge < -0.3 is 14.2 Å². The second-order valence-corrected chi connectivity index (χ2v) is 15.0. The predicted molar refractivity (Wildman–Crippen MR) is 146 cm³/mol. The summed E-state index contributed by atoms with van der Waals surface area (Å²) in [4.78, 5) is 12.4. The minimum absolute atomic E-state index is 0.0463. The Labute approximate surface area is 226 Å². The molecule has 37 heavy (non-hydrogen) atoms. The molecule has 2 heterocycles. The van der Waals surface area contributed by atoms with Crippen LogP contribution in [0.1, 0.15) is 125 Å². The highest BCUT2D eigenvalue weighted by atomic mass is 16.7. The third-order valence-electron chi connectivity index (χ3n) is 13.2. The fraction of sp³-hybridized carbons (Fsp3) is 0.970. The molecule has 0 aromatic heterocycles. The maximum absolute atomic E-state index is 12.4. The Kier molecular flexibility index (Phi) is 7.04. The lowest BCUT2D eigenvalue weighted by Gasteiger charge is -2.61. The minimum Gasteiger partial charge on any atom is -0.462 e. The van der Waals surface area contributed by atoms with E-state index in [1.807, 2.05) is 0 Å². The second kappa shape index (κ2) is 9.79. The molecule has 12 atom stereocenters. The van der Waals surface area contributed by atoms with Crippen molar-refractivity contribution in [2.75, 3.05) is 6.61 Å². The van der Waals surface area contributed by atoms with E-state index in [9.17, 15) is 4.79 Å². The maximum Gasteiger partial charge on any atom is 0.306 e. The van der Waals surface area contributed by atoms with Crippen molar-refractivity contribution in [3.05, 3.63) is 0 Å². The van der Waals surface area contributed by atoms with E-state index < -0.39 is 0 Å². The molecule has 0 aromatic carbocycles. The Balaban J connectivity index is 1.12. The van der Waals surface area contributed by atoms with Gasteiger partial charge in [0.25, 0.3) is 0 Å². The Morgan fingerprint density at radius 2 is 1.73 bits per heavy atom. The molecule has 4 saturated carbocycles. The number of hydrogen-bond acceptors (Lipinski definition) is 4. The molecule has 0 unspecified atom stereocenters. The highest BCUT2D eigenvalue weighted by molar-refractivity contribution is 5.69. The summed E-state index contributed by atoms with van der Waals surface area (Å²) < 4.78 is 19.5. The summed E-state index contributed by atoms with van der Waals surface area (Å²) in [6, 6.07) is 0. The molecule has 0 aromatic rings. The van der Waals surface area contributed by atoms with Gasteiger partial charge in [0.1, 0.15) is 6.10 Å². The van der Waals surface area contributed by atoms with E-state index in [-0.39, 0.29) is 17.9 Å². The van der Waals surface area contributed by atoms with Crippen molar-refractivity contribution in [3.8, 4) is 0 Å². The van der Waals surface area contributed by atoms with Gasteiger partial charge in [-0.25, -0.2) is 0 Å². The lowest BCUT2D eigenvalue weighted by atomic mass is 9.44. The van der Waals surface area contributed by atoms with Gasteiger partial charge in [0.2, 0.25) is 0 Å². The Bertz CT molecular complexity index is 847.